The molecule has 3 aromatic rings. The molecule has 15 nitrogen and oxygen atoms in total. The van der Waals surface area contributed by atoms with E-state index in [9.17, 15) is 10.1 Å². The highest BCUT2D eigenvalue weighted by Gasteiger charge is 2.34. The maximum atomic E-state index is 15.4. The number of aliphatic imine (C=N–C) groups is 1. The molecule has 0 saturated carbocycles. The van der Waals surface area contributed by atoms with E-state index in [2.05, 4.69) is 40.2 Å². The van der Waals surface area contributed by atoms with Crippen LogP contribution in [0, 0.1) is 17.1 Å². The lowest BCUT2D eigenvalue weighted by Crippen LogP contribution is -2.56. The van der Waals surface area contributed by atoms with Crippen molar-refractivity contribution in [3.05, 3.63) is 54.1 Å². The largest absolute Gasteiger partial charge is 0.483 e. The molecule has 5 N–H and O–H groups in total. The zero-order valence-corrected chi connectivity index (χ0v) is 25.9. The lowest BCUT2D eigenvalue weighted by atomic mass is 10.0. The van der Waals surface area contributed by atoms with E-state index < -0.39 is 29.7 Å². The molecule has 3 fully saturated rings. The first kappa shape index (κ1) is 32.5. The highest BCUT2D eigenvalue weighted by Crippen LogP contribution is 2.32. The van der Waals surface area contributed by atoms with Crippen LogP contribution in [-0.2, 0) is 9.53 Å². The smallest absolute Gasteiger partial charge is 0.265 e. The summed E-state index contributed by atoms with van der Waals surface area (Å²) >= 11 is 0. The number of amides is 1. The quantitative estimate of drug-likeness (QED) is 0.136. The number of carbonyl (C=O) groups excluding carboxylic acids is 1. The molecule has 0 bridgehead atoms. The van der Waals surface area contributed by atoms with Gasteiger partial charge >= 0.3 is 0 Å². The van der Waals surface area contributed by atoms with Crippen molar-refractivity contribution in [1.29, 1.82) is 5.26 Å². The number of carbonyl (C=O) groups is 1. The van der Waals surface area contributed by atoms with Gasteiger partial charge in [0, 0.05) is 56.1 Å². The van der Waals surface area contributed by atoms with Crippen LogP contribution in [0.1, 0.15) is 12.0 Å². The summed E-state index contributed by atoms with van der Waals surface area (Å²) in [5.74, 6) is 3.15. The van der Waals surface area contributed by atoms with Crippen molar-refractivity contribution in [1.82, 2.24) is 24.8 Å². The van der Waals surface area contributed by atoms with Crippen molar-refractivity contribution in [2.75, 3.05) is 62.7 Å². The first-order chi connectivity index (χ1) is 23.3. The summed E-state index contributed by atoms with van der Waals surface area (Å²) in [5.41, 5.74) is 7.26. The number of ether oxygens (including phenoxy) is 2. The van der Waals surface area contributed by atoms with Crippen LogP contribution in [0.4, 0.5) is 26.1 Å². The normalized spacial score (nSPS) is 20.7. The molecule has 3 aliphatic heterocycles. The van der Waals surface area contributed by atoms with E-state index in [0.29, 0.717) is 6.04 Å². The minimum atomic E-state index is -1.66. The van der Waals surface area contributed by atoms with Gasteiger partial charge in [-0.1, -0.05) is 0 Å². The molecule has 0 aliphatic carbocycles. The fourth-order valence-electron chi connectivity index (χ4n) is 5.69. The van der Waals surface area contributed by atoms with Gasteiger partial charge in [-0.15, -0.1) is 5.10 Å². The van der Waals surface area contributed by atoms with Gasteiger partial charge in [0.2, 0.25) is 11.9 Å². The molecule has 1 aromatic heterocycles. The number of guanidine groups is 1. The van der Waals surface area contributed by atoms with E-state index >= 15 is 8.78 Å². The fourth-order valence-corrected chi connectivity index (χ4v) is 5.69. The predicted octanol–water partition coefficient (Wildman–Crippen LogP) is 1.39. The predicted molar refractivity (Wildman–Crippen MR) is 173 cm³/mol. The maximum absolute atomic E-state index is 15.4. The lowest BCUT2D eigenvalue weighted by molar-refractivity contribution is -0.127. The molecular formula is C31H34F2N12O3. The van der Waals surface area contributed by atoms with Gasteiger partial charge in [-0.3, -0.25) is 9.69 Å². The van der Waals surface area contributed by atoms with Crippen molar-refractivity contribution in [3.8, 4) is 23.2 Å². The van der Waals surface area contributed by atoms with Crippen molar-refractivity contribution >= 4 is 35.4 Å². The lowest BCUT2D eigenvalue weighted by Gasteiger charge is -2.43. The average molecular weight is 661 g/mol. The summed E-state index contributed by atoms with van der Waals surface area (Å²) < 4.78 is 41.4. The number of nitrogens with two attached hydrogens (primary N) is 2. The number of halogens is 2. The Morgan fingerprint density at radius 1 is 1.15 bits per heavy atom. The number of nitriles is 1. The number of hydrazone groups is 1. The number of piperazine rings is 1. The molecule has 17 heteroatoms. The minimum absolute atomic E-state index is 0.0453. The van der Waals surface area contributed by atoms with Crippen LogP contribution in [0.25, 0.3) is 11.4 Å². The number of likely N-dealkylation sites (tertiary alicyclic amines) is 1. The molecule has 6 rings (SSSR count). The number of hydrogen-bond donors (Lipinski definition) is 3. The first-order valence-corrected chi connectivity index (χ1v) is 15.3. The molecule has 3 saturated heterocycles. The molecule has 0 spiro atoms. The van der Waals surface area contributed by atoms with Gasteiger partial charge in [-0.25, -0.2) is 23.7 Å². The zero-order valence-electron chi connectivity index (χ0n) is 25.9. The number of rotatable bonds is 8. The number of benzene rings is 2. The minimum Gasteiger partial charge on any atom is -0.483 e. The number of nitrogens with one attached hydrogen (secondary N) is 1. The molecule has 3 aliphatic rings. The molecular weight excluding hydrogens is 626 g/mol. The Morgan fingerprint density at radius 3 is 2.58 bits per heavy atom. The summed E-state index contributed by atoms with van der Waals surface area (Å²) in [5, 5.41) is 16.1. The third-order valence-electron chi connectivity index (χ3n) is 8.44. The Bertz CT molecular complexity index is 1720. The molecule has 2 atom stereocenters. The van der Waals surface area contributed by atoms with E-state index in [4.69, 9.17) is 21.1 Å². The SMILES string of the molecule is N#Cc1cc(-c2ncnc(Nc3ccc(N4CCN(C5COC5)CC4)cc3)n2)cc(F)c1O[C@H]1CCN(C(=O)/C=N/C(N)=N\N)C[C@H]1F. The van der Waals surface area contributed by atoms with E-state index in [-0.39, 0.29) is 48.4 Å². The third-order valence-corrected chi connectivity index (χ3v) is 8.44. The zero-order chi connectivity index (χ0) is 33.6. The van der Waals surface area contributed by atoms with E-state index in [1.165, 1.54) is 17.3 Å². The Labute approximate surface area is 274 Å². The van der Waals surface area contributed by atoms with Crippen LogP contribution in [-0.4, -0.2) is 114 Å². The third kappa shape index (κ3) is 7.40. The van der Waals surface area contributed by atoms with Crippen LogP contribution < -0.4 is 26.5 Å². The fraction of sp³-hybridized carbons (Fsp3) is 0.387. The van der Waals surface area contributed by atoms with Crippen LogP contribution in [0.15, 0.2) is 52.8 Å². The number of piperidine rings is 1. The molecule has 0 radical (unpaired) electrons. The van der Waals surface area contributed by atoms with Crippen LogP contribution >= 0.6 is 0 Å². The average Bonchev–Trinajstić information content (AvgIpc) is 3.08. The summed E-state index contributed by atoms with van der Waals surface area (Å²) in [6.07, 6.45) is -0.542. The Balaban J connectivity index is 1.08. The second-order valence-electron chi connectivity index (χ2n) is 11.5. The second-order valence-corrected chi connectivity index (χ2v) is 11.5. The van der Waals surface area contributed by atoms with Gasteiger partial charge < -0.3 is 36.2 Å². The molecule has 250 valence electrons. The summed E-state index contributed by atoms with van der Waals surface area (Å²) in [6.45, 7) is 5.31. The van der Waals surface area contributed by atoms with Gasteiger partial charge in [-0.05, 0) is 36.4 Å². The van der Waals surface area contributed by atoms with Crippen molar-refractivity contribution < 1.29 is 23.0 Å². The summed E-state index contributed by atoms with van der Waals surface area (Å²) in [4.78, 5) is 34.6. The number of hydrogen-bond acceptors (Lipinski definition) is 12. The first-order valence-electron chi connectivity index (χ1n) is 15.3. The van der Waals surface area contributed by atoms with Gasteiger partial charge in [0.05, 0.1) is 37.6 Å². The van der Waals surface area contributed by atoms with Crippen molar-refractivity contribution in [3.63, 3.8) is 0 Å². The standard InChI is InChI=1S/C31H34F2N12O3/c32-24-12-19(11-20(13-34)28(24)48-26-5-6-45(15-25(26)33)27(46)14-37-30(35)42-36)29-38-18-39-31(41-29)40-21-1-3-22(4-2-21)43-7-9-44(10-8-43)23-16-47-17-23/h1-4,11-12,14,18,23,25-26H,5-10,15-17,36H2,(H2,35,42)(H,38,39,40,41)/b37-14+/t25-,26+/m1/s1. The monoisotopic (exact) mass is 660 g/mol. The molecule has 1 amide bonds. The van der Waals surface area contributed by atoms with Crippen LogP contribution in [0.2, 0.25) is 0 Å². The molecule has 2 aromatic carbocycles. The Morgan fingerprint density at radius 2 is 1.92 bits per heavy atom. The number of anilines is 3. The van der Waals surface area contributed by atoms with Crippen molar-refractivity contribution in [2.45, 2.75) is 24.7 Å². The van der Waals surface area contributed by atoms with Crippen LogP contribution in [0.3, 0.4) is 0 Å². The number of alkyl halides is 1. The van der Waals surface area contributed by atoms with E-state index in [1.54, 1.807) is 0 Å². The van der Waals surface area contributed by atoms with E-state index in [1.807, 2.05) is 30.3 Å². The van der Waals surface area contributed by atoms with E-state index in [0.717, 1.165) is 63.0 Å². The van der Waals surface area contributed by atoms with Crippen LogP contribution in [0.5, 0.6) is 5.75 Å². The van der Waals surface area contributed by atoms with Crippen molar-refractivity contribution in [2.24, 2.45) is 21.7 Å². The highest BCUT2D eigenvalue weighted by molar-refractivity contribution is 6.28. The van der Waals surface area contributed by atoms with Gasteiger partial charge in [0.25, 0.3) is 5.91 Å². The van der Waals surface area contributed by atoms with Gasteiger partial charge in [-0.2, -0.15) is 10.2 Å². The Hall–Kier alpha value is -5.47. The second kappa shape index (κ2) is 14.5. The topological polar surface area (TPSA) is 197 Å². The highest BCUT2D eigenvalue weighted by atomic mass is 19.1. The number of nitrogens with zero attached hydrogens (tertiary/aromatic N) is 9. The van der Waals surface area contributed by atoms with Gasteiger partial charge in [0.1, 0.15) is 18.5 Å². The molecule has 48 heavy (non-hydrogen) atoms. The Kier molecular flexibility index (Phi) is 9.83. The summed E-state index contributed by atoms with van der Waals surface area (Å²) in [7, 11) is 0. The molecule has 4 heterocycles. The summed E-state index contributed by atoms with van der Waals surface area (Å²) in [6, 6.07) is 12.9. The number of aromatic nitrogens is 3. The van der Waals surface area contributed by atoms with Gasteiger partial charge in [0.15, 0.2) is 23.6 Å². The molecule has 0 unspecified atom stereocenters. The maximum Gasteiger partial charge on any atom is 0.265 e.